The molecule has 1 unspecified atom stereocenters. The van der Waals surface area contributed by atoms with E-state index in [9.17, 15) is 9.90 Å². The molecule has 30 heavy (non-hydrogen) atoms. The predicted octanol–water partition coefficient (Wildman–Crippen LogP) is 4.75. The molecule has 0 aliphatic heterocycles. The minimum absolute atomic E-state index is 0.0463. The molecule has 152 valence electrons. The van der Waals surface area contributed by atoms with E-state index in [0.717, 1.165) is 16.5 Å². The Hall–Kier alpha value is -3.57. The van der Waals surface area contributed by atoms with Crippen LogP contribution < -0.4 is 10.1 Å². The van der Waals surface area contributed by atoms with Crippen LogP contribution in [0, 0.1) is 0 Å². The second kappa shape index (κ2) is 8.05. The van der Waals surface area contributed by atoms with Gasteiger partial charge in [0, 0.05) is 5.39 Å². The first-order chi connectivity index (χ1) is 14.5. The molecule has 0 aliphatic rings. The first-order valence-electron chi connectivity index (χ1n) is 9.71. The molecule has 0 saturated heterocycles. The van der Waals surface area contributed by atoms with E-state index in [-0.39, 0.29) is 12.3 Å². The van der Waals surface area contributed by atoms with Crippen LogP contribution in [0.5, 0.6) is 5.75 Å². The number of hydrogen-bond acceptors (Lipinski definition) is 4. The number of methoxy groups -OCH3 is 1. The van der Waals surface area contributed by atoms with Gasteiger partial charge in [0.05, 0.1) is 13.7 Å². The van der Waals surface area contributed by atoms with Crippen molar-refractivity contribution >= 4 is 16.9 Å². The number of nitrogens with one attached hydrogen (secondary N) is 1. The predicted molar refractivity (Wildman–Crippen MR) is 117 cm³/mol. The summed E-state index contributed by atoms with van der Waals surface area (Å²) in [6, 6.07) is 24.8. The molecule has 1 aromatic heterocycles. The molecule has 1 heterocycles. The van der Waals surface area contributed by atoms with E-state index in [0.29, 0.717) is 16.9 Å². The number of fused-ring (bicyclic) bond motifs is 1. The zero-order valence-electron chi connectivity index (χ0n) is 16.9. The summed E-state index contributed by atoms with van der Waals surface area (Å²) >= 11 is 0. The van der Waals surface area contributed by atoms with Crippen molar-refractivity contribution in [1.82, 2.24) is 5.32 Å². The molecular weight excluding hydrogens is 378 g/mol. The number of benzene rings is 3. The maximum Gasteiger partial charge on any atom is 0.287 e. The Labute approximate surface area is 174 Å². The lowest BCUT2D eigenvalue weighted by molar-refractivity contribution is 0.0519. The summed E-state index contributed by atoms with van der Waals surface area (Å²) in [5, 5.41) is 14.4. The number of furan rings is 1. The van der Waals surface area contributed by atoms with E-state index in [1.807, 2.05) is 66.7 Å². The zero-order valence-corrected chi connectivity index (χ0v) is 16.9. The van der Waals surface area contributed by atoms with Crippen molar-refractivity contribution in [3.05, 3.63) is 90.2 Å². The molecule has 3 aromatic carbocycles. The van der Waals surface area contributed by atoms with Gasteiger partial charge in [-0.25, -0.2) is 0 Å². The van der Waals surface area contributed by atoms with Gasteiger partial charge in [-0.15, -0.1) is 0 Å². The molecule has 5 nitrogen and oxygen atoms in total. The summed E-state index contributed by atoms with van der Waals surface area (Å²) in [4.78, 5) is 12.6. The van der Waals surface area contributed by atoms with Crippen LogP contribution in [0.15, 0.2) is 83.3 Å². The molecule has 0 radical (unpaired) electrons. The van der Waals surface area contributed by atoms with E-state index < -0.39 is 11.5 Å². The van der Waals surface area contributed by atoms with E-state index in [1.165, 1.54) is 0 Å². The number of carbonyl (C=O) groups is 1. The number of aliphatic hydroxyl groups is 1. The smallest absolute Gasteiger partial charge is 0.287 e. The standard InChI is InChI=1S/C25H23NO4/c1-25(28,20-13-11-18(12-14-20)17-7-4-3-5-8-17)16-26-24(27)22-15-19-9-6-10-21(29-2)23(19)30-22/h3-15,28H,16H2,1-2H3,(H,26,27). The Morgan fingerprint density at radius 2 is 1.70 bits per heavy atom. The van der Waals surface area contributed by atoms with Crippen LogP contribution in [0.3, 0.4) is 0 Å². The molecule has 0 spiro atoms. The molecule has 4 rings (SSSR count). The fourth-order valence-corrected chi connectivity index (χ4v) is 3.40. The SMILES string of the molecule is COc1cccc2cc(C(=O)NCC(C)(O)c3ccc(-c4ccccc4)cc3)oc12. The van der Waals surface area contributed by atoms with Crippen molar-refractivity contribution in [1.29, 1.82) is 0 Å². The number of rotatable bonds is 6. The second-order valence-electron chi connectivity index (χ2n) is 7.39. The largest absolute Gasteiger partial charge is 0.493 e. The first kappa shape index (κ1) is 19.7. The second-order valence-corrected chi connectivity index (χ2v) is 7.39. The van der Waals surface area contributed by atoms with E-state index in [1.54, 1.807) is 26.2 Å². The van der Waals surface area contributed by atoms with Crippen LogP contribution in [-0.4, -0.2) is 24.7 Å². The lowest BCUT2D eigenvalue weighted by Gasteiger charge is -2.24. The normalized spacial score (nSPS) is 13.0. The Bertz CT molecular complexity index is 1160. The summed E-state index contributed by atoms with van der Waals surface area (Å²) < 4.78 is 10.9. The van der Waals surface area contributed by atoms with Gasteiger partial charge < -0.3 is 19.6 Å². The van der Waals surface area contributed by atoms with Gasteiger partial charge in [-0.05, 0) is 35.7 Å². The lowest BCUT2D eigenvalue weighted by atomic mass is 9.93. The maximum atomic E-state index is 12.6. The van der Waals surface area contributed by atoms with Crippen LogP contribution in [0.25, 0.3) is 22.1 Å². The minimum Gasteiger partial charge on any atom is -0.493 e. The molecule has 1 atom stereocenters. The zero-order chi connectivity index (χ0) is 21.1. The third kappa shape index (κ3) is 3.93. The lowest BCUT2D eigenvalue weighted by Crippen LogP contribution is -2.38. The van der Waals surface area contributed by atoms with Gasteiger partial charge in [-0.1, -0.05) is 66.7 Å². The number of ether oxygens (including phenoxy) is 1. The Kier molecular flexibility index (Phi) is 5.29. The highest BCUT2D eigenvalue weighted by Crippen LogP contribution is 2.29. The molecule has 5 heteroatoms. The summed E-state index contributed by atoms with van der Waals surface area (Å²) in [7, 11) is 1.55. The van der Waals surface area contributed by atoms with Crippen LogP contribution in [0.4, 0.5) is 0 Å². The first-order valence-corrected chi connectivity index (χ1v) is 9.71. The topological polar surface area (TPSA) is 71.7 Å². The third-order valence-corrected chi connectivity index (χ3v) is 5.16. The van der Waals surface area contributed by atoms with Gasteiger partial charge in [0.25, 0.3) is 5.91 Å². The Morgan fingerprint density at radius 1 is 1.00 bits per heavy atom. The van der Waals surface area contributed by atoms with Crippen molar-refractivity contribution < 1.29 is 19.1 Å². The van der Waals surface area contributed by atoms with Crippen LogP contribution in [0.2, 0.25) is 0 Å². The van der Waals surface area contributed by atoms with Gasteiger partial charge in [-0.3, -0.25) is 4.79 Å². The van der Waals surface area contributed by atoms with Crippen molar-refractivity contribution in [2.24, 2.45) is 0 Å². The maximum absolute atomic E-state index is 12.6. The molecule has 0 bridgehead atoms. The fourth-order valence-electron chi connectivity index (χ4n) is 3.40. The van der Waals surface area contributed by atoms with E-state index in [4.69, 9.17) is 9.15 Å². The van der Waals surface area contributed by atoms with Gasteiger partial charge in [0.15, 0.2) is 17.1 Å². The molecule has 0 fully saturated rings. The highest BCUT2D eigenvalue weighted by atomic mass is 16.5. The average Bonchev–Trinajstić information content (AvgIpc) is 3.23. The van der Waals surface area contributed by atoms with Crippen molar-refractivity contribution in [2.75, 3.05) is 13.7 Å². The summed E-state index contributed by atoms with van der Waals surface area (Å²) in [6.07, 6.45) is 0. The highest BCUT2D eigenvalue weighted by Gasteiger charge is 2.25. The molecule has 4 aromatic rings. The Balaban J connectivity index is 1.46. The summed E-state index contributed by atoms with van der Waals surface area (Å²) in [5.74, 6) is 0.344. The molecular formula is C25H23NO4. The fraction of sp³-hybridized carbons (Fsp3) is 0.160. The number of amides is 1. The summed E-state index contributed by atoms with van der Waals surface area (Å²) in [6.45, 7) is 1.72. The Morgan fingerprint density at radius 3 is 2.40 bits per heavy atom. The third-order valence-electron chi connectivity index (χ3n) is 5.16. The average molecular weight is 401 g/mol. The van der Waals surface area contributed by atoms with E-state index >= 15 is 0 Å². The van der Waals surface area contributed by atoms with Crippen LogP contribution >= 0.6 is 0 Å². The number of para-hydroxylation sites is 1. The van der Waals surface area contributed by atoms with E-state index in [2.05, 4.69) is 5.32 Å². The van der Waals surface area contributed by atoms with Gasteiger partial charge in [0.2, 0.25) is 0 Å². The van der Waals surface area contributed by atoms with Crippen molar-refractivity contribution in [3.8, 4) is 16.9 Å². The monoisotopic (exact) mass is 401 g/mol. The summed E-state index contributed by atoms with van der Waals surface area (Å²) in [5.41, 5.74) is 2.18. The molecule has 1 amide bonds. The number of hydrogen-bond donors (Lipinski definition) is 2. The molecule has 0 aliphatic carbocycles. The van der Waals surface area contributed by atoms with Crippen molar-refractivity contribution in [2.45, 2.75) is 12.5 Å². The minimum atomic E-state index is -1.23. The number of carbonyl (C=O) groups excluding carboxylic acids is 1. The van der Waals surface area contributed by atoms with Gasteiger partial charge in [-0.2, -0.15) is 0 Å². The highest BCUT2D eigenvalue weighted by molar-refractivity contribution is 5.97. The van der Waals surface area contributed by atoms with Gasteiger partial charge >= 0.3 is 0 Å². The van der Waals surface area contributed by atoms with Crippen LogP contribution in [0.1, 0.15) is 23.0 Å². The van der Waals surface area contributed by atoms with Crippen molar-refractivity contribution in [3.63, 3.8) is 0 Å². The molecule has 0 saturated carbocycles. The quantitative estimate of drug-likeness (QED) is 0.489. The van der Waals surface area contributed by atoms with Gasteiger partial charge in [0.1, 0.15) is 5.60 Å². The molecule has 2 N–H and O–H groups in total. The van der Waals surface area contributed by atoms with Crippen LogP contribution in [-0.2, 0) is 5.60 Å².